The molecular formula is C22H20ClF2N5O2. The molecule has 1 aliphatic rings. The van der Waals surface area contributed by atoms with Gasteiger partial charge in [0.05, 0.1) is 10.6 Å². The highest BCUT2D eigenvalue weighted by Gasteiger charge is 2.30. The Balaban J connectivity index is 1.85. The summed E-state index contributed by atoms with van der Waals surface area (Å²) >= 11 is 6.36. The maximum atomic E-state index is 15.6. The highest BCUT2D eigenvalue weighted by atomic mass is 35.5. The van der Waals surface area contributed by atoms with Crippen LogP contribution in [0, 0.1) is 11.6 Å². The Morgan fingerprint density at radius 2 is 2.06 bits per heavy atom. The Labute approximate surface area is 187 Å². The number of nitrogen functional groups attached to an aromatic ring is 1. The summed E-state index contributed by atoms with van der Waals surface area (Å²) in [4.78, 5) is 23.9. The minimum Gasteiger partial charge on any atom is -0.507 e. The molecule has 3 aromatic rings. The van der Waals surface area contributed by atoms with Crippen molar-refractivity contribution in [1.29, 1.82) is 0 Å². The zero-order valence-corrected chi connectivity index (χ0v) is 17.9. The monoisotopic (exact) mass is 459 g/mol. The van der Waals surface area contributed by atoms with E-state index in [0.717, 1.165) is 6.07 Å². The number of hydrogen-bond acceptors (Lipinski definition) is 6. The number of nitrogens with two attached hydrogens (primary N) is 1. The molecule has 1 fully saturated rings. The lowest BCUT2D eigenvalue weighted by molar-refractivity contribution is -0.128. The first kappa shape index (κ1) is 21.8. The fraction of sp³-hybridized carbons (Fsp3) is 0.227. The number of aromatic hydroxyl groups is 1. The van der Waals surface area contributed by atoms with Crippen LogP contribution < -0.4 is 10.6 Å². The minimum atomic E-state index is -0.920. The molecule has 0 bridgehead atoms. The third-order valence-electron chi connectivity index (χ3n) is 5.51. The van der Waals surface area contributed by atoms with Crippen LogP contribution in [-0.2, 0) is 4.79 Å². The number of phenols is 1. The first-order valence-electron chi connectivity index (χ1n) is 9.84. The minimum absolute atomic E-state index is 0.112. The molecule has 4 rings (SSSR count). The van der Waals surface area contributed by atoms with Gasteiger partial charge in [0.15, 0.2) is 5.82 Å². The van der Waals surface area contributed by atoms with E-state index in [0.29, 0.717) is 25.5 Å². The Morgan fingerprint density at radius 3 is 2.72 bits per heavy atom. The Bertz CT molecular complexity index is 1230. The third kappa shape index (κ3) is 3.58. The van der Waals surface area contributed by atoms with E-state index >= 15 is 4.39 Å². The van der Waals surface area contributed by atoms with E-state index in [-0.39, 0.29) is 44.9 Å². The number of amides is 1. The predicted octanol–water partition coefficient (Wildman–Crippen LogP) is 3.74. The largest absolute Gasteiger partial charge is 0.507 e. The lowest BCUT2D eigenvalue weighted by atomic mass is 10.0. The lowest BCUT2D eigenvalue weighted by Crippen LogP contribution is -2.54. The standard InChI is InChI=1S/C22H20ClF2N5O2/c1-3-16(32)30-8-7-29(10-11(30)2)21-12-9-13(23)17(18-14(24)5-4-6-15(18)31)19(25)20(12)27-22(26)28-21/h3-6,9,11,31H,1,7-8,10H2,2H3,(H2,26,27,28)/t11-/m0/s1. The summed E-state index contributed by atoms with van der Waals surface area (Å²) in [6, 6.07) is 4.92. The molecule has 0 saturated carbocycles. The molecule has 10 heteroatoms. The second-order valence-corrected chi connectivity index (χ2v) is 7.92. The van der Waals surface area contributed by atoms with Gasteiger partial charge in [-0.05, 0) is 31.2 Å². The first-order chi connectivity index (χ1) is 15.2. The second kappa shape index (κ2) is 8.23. The van der Waals surface area contributed by atoms with Gasteiger partial charge in [0.1, 0.15) is 22.9 Å². The zero-order chi connectivity index (χ0) is 23.2. The number of benzene rings is 2. The number of fused-ring (bicyclic) bond motifs is 1. The van der Waals surface area contributed by atoms with E-state index in [4.69, 9.17) is 17.3 Å². The summed E-state index contributed by atoms with van der Waals surface area (Å²) in [5, 5.41) is 10.3. The topological polar surface area (TPSA) is 95.6 Å². The van der Waals surface area contributed by atoms with Gasteiger partial charge >= 0.3 is 0 Å². The SMILES string of the molecule is C=CC(=O)N1CCN(c2nc(N)nc3c(F)c(-c4c(O)cccc4F)c(Cl)cc23)C[C@@H]1C. The highest BCUT2D eigenvalue weighted by Crippen LogP contribution is 2.42. The molecule has 0 aliphatic carbocycles. The maximum Gasteiger partial charge on any atom is 0.246 e. The molecule has 1 aromatic heterocycles. The van der Waals surface area contributed by atoms with Crippen molar-refractivity contribution < 1.29 is 18.7 Å². The molecule has 1 saturated heterocycles. The van der Waals surface area contributed by atoms with Crippen LogP contribution >= 0.6 is 11.6 Å². The summed E-state index contributed by atoms with van der Waals surface area (Å²) in [7, 11) is 0. The molecule has 166 valence electrons. The average Bonchev–Trinajstić information content (AvgIpc) is 2.75. The van der Waals surface area contributed by atoms with Gasteiger partial charge in [-0.1, -0.05) is 24.2 Å². The Hall–Kier alpha value is -3.46. The van der Waals surface area contributed by atoms with Gasteiger partial charge in [-0.25, -0.2) is 13.8 Å². The molecule has 0 unspecified atom stereocenters. The van der Waals surface area contributed by atoms with Crippen LogP contribution in [-0.4, -0.2) is 51.6 Å². The molecule has 2 heterocycles. The molecular weight excluding hydrogens is 440 g/mol. The van der Waals surface area contributed by atoms with E-state index < -0.39 is 17.4 Å². The number of halogens is 3. The molecule has 2 aromatic carbocycles. The summed E-state index contributed by atoms with van der Waals surface area (Å²) in [5.41, 5.74) is 5.05. The highest BCUT2D eigenvalue weighted by molar-refractivity contribution is 6.34. The van der Waals surface area contributed by atoms with Gasteiger partial charge in [0.25, 0.3) is 0 Å². The van der Waals surface area contributed by atoms with Crippen LogP contribution in [0.3, 0.4) is 0 Å². The van der Waals surface area contributed by atoms with Crippen molar-refractivity contribution in [3.8, 4) is 16.9 Å². The number of phenolic OH excluding ortho intramolecular Hbond substituents is 1. The van der Waals surface area contributed by atoms with Crippen LogP contribution in [0.25, 0.3) is 22.0 Å². The normalized spacial score (nSPS) is 16.4. The summed E-state index contributed by atoms with van der Waals surface area (Å²) < 4.78 is 30.0. The molecule has 0 radical (unpaired) electrons. The quantitative estimate of drug-likeness (QED) is 0.579. The number of anilines is 2. The van der Waals surface area contributed by atoms with E-state index in [1.807, 2.05) is 11.8 Å². The van der Waals surface area contributed by atoms with Crippen LogP contribution in [0.15, 0.2) is 36.9 Å². The van der Waals surface area contributed by atoms with Crippen molar-refractivity contribution in [3.05, 3.63) is 53.6 Å². The Kier molecular flexibility index (Phi) is 5.60. The number of nitrogens with zero attached hydrogens (tertiary/aromatic N) is 4. The van der Waals surface area contributed by atoms with Crippen molar-refractivity contribution >= 4 is 40.2 Å². The van der Waals surface area contributed by atoms with Crippen LogP contribution in [0.1, 0.15) is 6.92 Å². The van der Waals surface area contributed by atoms with Crippen molar-refractivity contribution in [3.63, 3.8) is 0 Å². The fourth-order valence-electron chi connectivity index (χ4n) is 4.02. The number of piperazine rings is 1. The number of carbonyl (C=O) groups excluding carboxylic acids is 1. The van der Waals surface area contributed by atoms with Crippen LogP contribution in [0.4, 0.5) is 20.5 Å². The molecule has 3 N–H and O–H groups in total. The number of aromatic nitrogens is 2. The average molecular weight is 460 g/mol. The van der Waals surface area contributed by atoms with Gasteiger partial charge in [-0.2, -0.15) is 4.98 Å². The fourth-order valence-corrected chi connectivity index (χ4v) is 4.31. The van der Waals surface area contributed by atoms with E-state index in [1.165, 1.54) is 24.3 Å². The van der Waals surface area contributed by atoms with Crippen molar-refractivity contribution in [2.45, 2.75) is 13.0 Å². The van der Waals surface area contributed by atoms with Gasteiger partial charge in [0, 0.05) is 36.6 Å². The maximum absolute atomic E-state index is 15.6. The van der Waals surface area contributed by atoms with Crippen molar-refractivity contribution in [2.24, 2.45) is 0 Å². The molecule has 7 nitrogen and oxygen atoms in total. The molecule has 32 heavy (non-hydrogen) atoms. The van der Waals surface area contributed by atoms with E-state index in [1.54, 1.807) is 4.90 Å². The van der Waals surface area contributed by atoms with Crippen molar-refractivity contribution in [1.82, 2.24) is 14.9 Å². The first-order valence-corrected chi connectivity index (χ1v) is 10.2. The lowest BCUT2D eigenvalue weighted by Gasteiger charge is -2.40. The predicted molar refractivity (Wildman–Crippen MR) is 120 cm³/mol. The third-order valence-corrected chi connectivity index (χ3v) is 5.80. The van der Waals surface area contributed by atoms with Gasteiger partial charge < -0.3 is 20.6 Å². The molecule has 1 amide bonds. The Morgan fingerprint density at radius 1 is 1.31 bits per heavy atom. The van der Waals surface area contributed by atoms with Crippen LogP contribution in [0.2, 0.25) is 5.02 Å². The molecule has 1 atom stereocenters. The van der Waals surface area contributed by atoms with Crippen LogP contribution in [0.5, 0.6) is 5.75 Å². The summed E-state index contributed by atoms with van der Waals surface area (Å²) in [5.74, 6) is -2.19. The second-order valence-electron chi connectivity index (χ2n) is 7.51. The molecule has 0 spiro atoms. The number of rotatable bonds is 3. The molecule has 1 aliphatic heterocycles. The van der Waals surface area contributed by atoms with E-state index in [2.05, 4.69) is 16.5 Å². The number of carbonyl (C=O) groups is 1. The van der Waals surface area contributed by atoms with Gasteiger partial charge in [-0.3, -0.25) is 4.79 Å². The summed E-state index contributed by atoms with van der Waals surface area (Å²) in [6.07, 6.45) is 1.26. The number of hydrogen-bond donors (Lipinski definition) is 2. The summed E-state index contributed by atoms with van der Waals surface area (Å²) in [6.45, 7) is 6.65. The smallest absolute Gasteiger partial charge is 0.246 e. The van der Waals surface area contributed by atoms with Crippen molar-refractivity contribution in [2.75, 3.05) is 30.3 Å². The van der Waals surface area contributed by atoms with E-state index in [9.17, 15) is 14.3 Å². The van der Waals surface area contributed by atoms with Gasteiger partial charge in [0.2, 0.25) is 11.9 Å². The van der Waals surface area contributed by atoms with Gasteiger partial charge in [-0.15, -0.1) is 0 Å². The zero-order valence-electron chi connectivity index (χ0n) is 17.1.